The van der Waals surface area contributed by atoms with E-state index in [1.165, 1.54) is 42.3 Å². The van der Waals surface area contributed by atoms with Crippen LogP contribution in [0.1, 0.15) is 12.5 Å². The first-order chi connectivity index (χ1) is 16.3. The van der Waals surface area contributed by atoms with Crippen LogP contribution >= 0.6 is 0 Å². The molecule has 0 aliphatic carbocycles. The lowest BCUT2D eigenvalue weighted by Gasteiger charge is -2.16. The van der Waals surface area contributed by atoms with Crippen molar-refractivity contribution >= 4 is 29.6 Å². The normalized spacial score (nSPS) is 10.9. The minimum absolute atomic E-state index is 0.110. The van der Waals surface area contributed by atoms with Gasteiger partial charge in [-0.1, -0.05) is 30.3 Å². The Hall–Kier alpha value is -4.73. The van der Waals surface area contributed by atoms with E-state index in [1.807, 2.05) is 0 Å². The molecule has 0 unspecified atom stereocenters. The molecule has 0 aliphatic rings. The molecule has 34 heavy (non-hydrogen) atoms. The van der Waals surface area contributed by atoms with Gasteiger partial charge in [-0.2, -0.15) is 0 Å². The van der Waals surface area contributed by atoms with Crippen molar-refractivity contribution < 1.29 is 29.1 Å². The molecule has 10 nitrogen and oxygen atoms in total. The highest BCUT2D eigenvalue weighted by molar-refractivity contribution is 5.90. The van der Waals surface area contributed by atoms with Crippen molar-refractivity contribution in [1.29, 1.82) is 0 Å². The first kappa shape index (κ1) is 23.9. The number of ether oxygens (including phenoxy) is 2. The predicted molar refractivity (Wildman–Crippen MR) is 124 cm³/mol. The van der Waals surface area contributed by atoms with E-state index in [9.17, 15) is 24.8 Å². The molecule has 1 aromatic heterocycles. The monoisotopic (exact) mass is 463 g/mol. The number of amides is 1. The fraction of sp³-hybridized carbons (Fsp3) is 0.125. The van der Waals surface area contributed by atoms with Gasteiger partial charge in [0.1, 0.15) is 11.6 Å². The topological polar surface area (TPSA) is 132 Å². The number of carboxylic acid groups (broad SMARTS) is 1. The van der Waals surface area contributed by atoms with Crippen LogP contribution in [0.5, 0.6) is 5.75 Å². The highest BCUT2D eigenvalue weighted by Crippen LogP contribution is 2.23. The molecule has 1 N–H and O–H groups in total. The van der Waals surface area contributed by atoms with Crippen LogP contribution in [0, 0.1) is 10.1 Å². The summed E-state index contributed by atoms with van der Waals surface area (Å²) in [4.78, 5) is 39.6. The summed E-state index contributed by atoms with van der Waals surface area (Å²) in [7, 11) is 1.49. The van der Waals surface area contributed by atoms with Crippen molar-refractivity contribution in [2.75, 3.05) is 18.6 Å². The highest BCUT2D eigenvalue weighted by Gasteiger charge is 2.16. The lowest BCUT2D eigenvalue weighted by atomic mass is 10.1. The molecule has 1 amide bonds. The predicted octanol–water partition coefficient (Wildman–Crippen LogP) is 4.75. The van der Waals surface area contributed by atoms with E-state index in [1.54, 1.807) is 49.4 Å². The SMILES string of the molecule is CCO/C(=C\c1ccc(-c2cccc(N(C)C(=O)Oc3ccc([N+](=O)[O-])cc3)n2)cc1)C(=O)O. The number of non-ortho nitro benzene ring substituents is 1. The van der Waals surface area contributed by atoms with Gasteiger partial charge < -0.3 is 14.6 Å². The number of carboxylic acids is 1. The zero-order valence-corrected chi connectivity index (χ0v) is 18.4. The van der Waals surface area contributed by atoms with Crippen molar-refractivity contribution in [3.05, 3.63) is 88.2 Å². The van der Waals surface area contributed by atoms with Gasteiger partial charge in [0.05, 0.1) is 17.2 Å². The van der Waals surface area contributed by atoms with E-state index in [-0.39, 0.29) is 23.8 Å². The molecule has 0 saturated carbocycles. The molecule has 174 valence electrons. The zero-order valence-electron chi connectivity index (χ0n) is 18.4. The molecular weight excluding hydrogens is 442 g/mol. The second kappa shape index (κ2) is 10.7. The third kappa shape index (κ3) is 5.94. The van der Waals surface area contributed by atoms with Gasteiger partial charge in [-0.05, 0) is 42.8 Å². The third-order valence-corrected chi connectivity index (χ3v) is 4.62. The second-order valence-corrected chi connectivity index (χ2v) is 6.93. The number of carbonyl (C=O) groups is 2. The van der Waals surface area contributed by atoms with Crippen LogP contribution in [0.3, 0.4) is 0 Å². The van der Waals surface area contributed by atoms with Gasteiger partial charge in [0.2, 0.25) is 5.76 Å². The minimum atomic E-state index is -1.15. The van der Waals surface area contributed by atoms with Crippen molar-refractivity contribution in [3.8, 4) is 17.0 Å². The zero-order chi connectivity index (χ0) is 24.7. The van der Waals surface area contributed by atoms with Gasteiger partial charge in [0.15, 0.2) is 0 Å². The molecule has 0 spiro atoms. The number of carbonyl (C=O) groups excluding carboxylic acids is 1. The first-order valence-corrected chi connectivity index (χ1v) is 10.1. The summed E-state index contributed by atoms with van der Waals surface area (Å²) in [6.45, 7) is 1.95. The van der Waals surface area contributed by atoms with Gasteiger partial charge in [-0.25, -0.2) is 14.6 Å². The van der Waals surface area contributed by atoms with Gasteiger partial charge in [-0.3, -0.25) is 15.0 Å². The molecule has 0 saturated heterocycles. The first-order valence-electron chi connectivity index (χ1n) is 10.1. The van der Waals surface area contributed by atoms with Crippen molar-refractivity contribution in [3.63, 3.8) is 0 Å². The number of nitro benzene ring substituents is 1. The van der Waals surface area contributed by atoms with E-state index in [2.05, 4.69) is 4.98 Å². The minimum Gasteiger partial charge on any atom is -0.487 e. The summed E-state index contributed by atoms with van der Waals surface area (Å²) in [5, 5.41) is 19.9. The van der Waals surface area contributed by atoms with E-state index >= 15 is 0 Å². The number of nitro groups is 1. The third-order valence-electron chi connectivity index (χ3n) is 4.62. The number of hydrogen-bond acceptors (Lipinski definition) is 7. The summed E-state index contributed by atoms with van der Waals surface area (Å²) in [5.41, 5.74) is 1.88. The molecule has 0 aliphatic heterocycles. The van der Waals surface area contributed by atoms with Gasteiger partial charge >= 0.3 is 12.1 Å². The van der Waals surface area contributed by atoms with Crippen molar-refractivity contribution in [2.24, 2.45) is 0 Å². The molecule has 0 fully saturated rings. The average molecular weight is 463 g/mol. The number of benzene rings is 2. The van der Waals surface area contributed by atoms with Crippen LogP contribution < -0.4 is 9.64 Å². The average Bonchev–Trinajstić information content (AvgIpc) is 2.84. The summed E-state index contributed by atoms with van der Waals surface area (Å²) in [6.07, 6.45) is 0.720. The lowest BCUT2D eigenvalue weighted by molar-refractivity contribution is -0.384. The number of nitrogens with zero attached hydrogens (tertiary/aromatic N) is 3. The standard InChI is InChI=1S/C24H21N3O7/c1-3-33-21(23(28)29)15-16-7-9-17(10-8-16)20-5-4-6-22(25-20)26(2)24(30)34-19-13-11-18(12-14-19)27(31)32/h4-15H,3H2,1-2H3,(H,28,29)/b21-15-. The maximum absolute atomic E-state index is 12.5. The molecule has 0 atom stereocenters. The number of anilines is 1. The number of rotatable bonds is 8. The Bertz CT molecular complexity index is 1220. The molecular formula is C24H21N3O7. The van der Waals surface area contributed by atoms with E-state index < -0.39 is 17.0 Å². The molecule has 0 radical (unpaired) electrons. The van der Waals surface area contributed by atoms with E-state index in [0.29, 0.717) is 17.1 Å². The molecule has 3 rings (SSSR count). The largest absolute Gasteiger partial charge is 0.487 e. The molecule has 2 aromatic carbocycles. The molecule has 3 aromatic rings. The molecule has 1 heterocycles. The highest BCUT2D eigenvalue weighted by atomic mass is 16.6. The summed E-state index contributed by atoms with van der Waals surface area (Å²) < 4.78 is 10.4. The van der Waals surface area contributed by atoms with Gasteiger partial charge in [0, 0.05) is 24.7 Å². The van der Waals surface area contributed by atoms with Crippen LogP contribution in [-0.2, 0) is 9.53 Å². The Labute approximate surface area is 194 Å². The smallest absolute Gasteiger partial charge is 0.420 e. The maximum Gasteiger partial charge on any atom is 0.420 e. The Kier molecular flexibility index (Phi) is 7.55. The molecule has 10 heteroatoms. The van der Waals surface area contributed by atoms with Crippen LogP contribution in [0.2, 0.25) is 0 Å². The van der Waals surface area contributed by atoms with Crippen molar-refractivity contribution in [2.45, 2.75) is 6.92 Å². The fourth-order valence-electron chi connectivity index (χ4n) is 2.89. The van der Waals surface area contributed by atoms with Crippen LogP contribution in [-0.4, -0.2) is 40.7 Å². The summed E-state index contributed by atoms with van der Waals surface area (Å²) in [6, 6.07) is 17.3. The lowest BCUT2D eigenvalue weighted by Crippen LogP contribution is -2.30. The van der Waals surface area contributed by atoms with Gasteiger partial charge in [-0.15, -0.1) is 0 Å². The number of pyridine rings is 1. The van der Waals surface area contributed by atoms with Gasteiger partial charge in [0.25, 0.3) is 5.69 Å². The van der Waals surface area contributed by atoms with Crippen molar-refractivity contribution in [1.82, 2.24) is 4.98 Å². The summed E-state index contributed by atoms with van der Waals surface area (Å²) in [5.74, 6) is -0.805. The van der Waals surface area contributed by atoms with Crippen LogP contribution in [0.25, 0.3) is 17.3 Å². The Morgan fingerprint density at radius 2 is 1.76 bits per heavy atom. The van der Waals surface area contributed by atoms with E-state index in [0.717, 1.165) is 5.56 Å². The fourth-order valence-corrected chi connectivity index (χ4v) is 2.89. The Balaban J connectivity index is 1.74. The Morgan fingerprint density at radius 3 is 2.35 bits per heavy atom. The maximum atomic E-state index is 12.5. The second-order valence-electron chi connectivity index (χ2n) is 6.93. The van der Waals surface area contributed by atoms with Crippen LogP contribution in [0.4, 0.5) is 16.3 Å². The van der Waals surface area contributed by atoms with E-state index in [4.69, 9.17) is 9.47 Å². The van der Waals surface area contributed by atoms with Crippen LogP contribution in [0.15, 0.2) is 72.5 Å². The number of hydrogen-bond donors (Lipinski definition) is 1. The Morgan fingerprint density at radius 1 is 1.09 bits per heavy atom. The quantitative estimate of drug-likeness (QED) is 0.219. The molecule has 0 bridgehead atoms. The summed E-state index contributed by atoms with van der Waals surface area (Å²) >= 11 is 0. The number of aromatic nitrogens is 1. The number of aliphatic carboxylic acids is 1.